The molecule has 29 heavy (non-hydrogen) atoms. The second kappa shape index (κ2) is 8.29. The van der Waals surface area contributed by atoms with Crippen LogP contribution in [0.25, 0.3) is 0 Å². The van der Waals surface area contributed by atoms with Crippen LogP contribution in [-0.2, 0) is 29.1 Å². The van der Waals surface area contributed by atoms with E-state index in [1.807, 2.05) is 18.2 Å². The first-order chi connectivity index (χ1) is 14.0. The molecule has 2 amide bonds. The highest BCUT2D eigenvalue weighted by Gasteiger charge is 2.34. The fourth-order valence-electron chi connectivity index (χ4n) is 4.07. The molecule has 2 heterocycles. The standard InChI is InChI=1S/C22H23F2N3O2/c23-18-7-3-6-17(21(18)24)14-26-11-9-25-22(29)19(26)12-20(28)27-10-8-15-4-1-2-5-16(15)13-27/h1-7,19H,8-14H2,(H,25,29)/t19-/m0/s1. The molecular formula is C22H23F2N3O2. The van der Waals surface area contributed by atoms with Crippen LogP contribution in [-0.4, -0.2) is 47.3 Å². The number of halogens is 2. The molecule has 1 saturated heterocycles. The number of hydrogen-bond acceptors (Lipinski definition) is 3. The van der Waals surface area contributed by atoms with Crippen molar-refractivity contribution in [2.75, 3.05) is 19.6 Å². The Hall–Kier alpha value is -2.80. The van der Waals surface area contributed by atoms with E-state index in [2.05, 4.69) is 11.4 Å². The van der Waals surface area contributed by atoms with Crippen molar-refractivity contribution < 1.29 is 18.4 Å². The minimum absolute atomic E-state index is 0.0188. The van der Waals surface area contributed by atoms with Gasteiger partial charge in [0.05, 0.1) is 12.5 Å². The third kappa shape index (κ3) is 4.15. The van der Waals surface area contributed by atoms with Gasteiger partial charge in [0, 0.05) is 38.3 Å². The molecule has 0 bridgehead atoms. The number of rotatable bonds is 4. The van der Waals surface area contributed by atoms with Gasteiger partial charge >= 0.3 is 0 Å². The van der Waals surface area contributed by atoms with Crippen LogP contribution in [0.3, 0.4) is 0 Å². The van der Waals surface area contributed by atoms with E-state index >= 15 is 0 Å². The molecule has 5 nitrogen and oxygen atoms in total. The highest BCUT2D eigenvalue weighted by molar-refractivity contribution is 5.89. The second-order valence-corrected chi connectivity index (χ2v) is 7.53. The van der Waals surface area contributed by atoms with Crippen molar-refractivity contribution in [1.82, 2.24) is 15.1 Å². The maximum absolute atomic E-state index is 14.1. The Morgan fingerprint density at radius 1 is 1.07 bits per heavy atom. The molecule has 2 aliphatic rings. The monoisotopic (exact) mass is 399 g/mol. The highest BCUT2D eigenvalue weighted by atomic mass is 19.2. The van der Waals surface area contributed by atoms with Crippen molar-refractivity contribution >= 4 is 11.8 Å². The molecule has 2 aromatic rings. The van der Waals surface area contributed by atoms with E-state index in [4.69, 9.17) is 0 Å². The largest absolute Gasteiger partial charge is 0.353 e. The van der Waals surface area contributed by atoms with E-state index in [-0.39, 0.29) is 30.3 Å². The molecule has 0 saturated carbocycles. The smallest absolute Gasteiger partial charge is 0.237 e. The van der Waals surface area contributed by atoms with Crippen molar-refractivity contribution in [2.45, 2.75) is 32.0 Å². The van der Waals surface area contributed by atoms with Gasteiger partial charge in [-0.1, -0.05) is 36.4 Å². The number of carbonyl (C=O) groups excluding carboxylic acids is 2. The summed E-state index contributed by atoms with van der Waals surface area (Å²) < 4.78 is 27.6. The van der Waals surface area contributed by atoms with Crippen LogP contribution in [0.5, 0.6) is 0 Å². The van der Waals surface area contributed by atoms with Gasteiger partial charge in [-0.3, -0.25) is 14.5 Å². The van der Waals surface area contributed by atoms with Crippen molar-refractivity contribution in [3.05, 3.63) is 70.8 Å². The lowest BCUT2D eigenvalue weighted by atomic mass is 9.99. The van der Waals surface area contributed by atoms with Crippen molar-refractivity contribution in [1.29, 1.82) is 0 Å². The predicted molar refractivity (Wildman–Crippen MR) is 104 cm³/mol. The quantitative estimate of drug-likeness (QED) is 0.858. The maximum atomic E-state index is 14.1. The molecule has 0 aliphatic carbocycles. The number of hydrogen-bond donors (Lipinski definition) is 1. The molecule has 4 rings (SSSR count). The van der Waals surface area contributed by atoms with E-state index in [0.717, 1.165) is 18.1 Å². The molecule has 152 valence electrons. The molecule has 0 aromatic heterocycles. The lowest BCUT2D eigenvalue weighted by molar-refractivity contribution is -0.139. The second-order valence-electron chi connectivity index (χ2n) is 7.53. The zero-order valence-corrected chi connectivity index (χ0v) is 16.0. The fraction of sp³-hybridized carbons (Fsp3) is 0.364. The number of nitrogens with one attached hydrogen (secondary N) is 1. The third-order valence-electron chi connectivity index (χ3n) is 5.70. The van der Waals surface area contributed by atoms with Crippen molar-refractivity contribution in [2.24, 2.45) is 0 Å². The molecular weight excluding hydrogens is 376 g/mol. The van der Waals surface area contributed by atoms with Crippen LogP contribution >= 0.6 is 0 Å². The van der Waals surface area contributed by atoms with Gasteiger partial charge in [0.1, 0.15) is 0 Å². The van der Waals surface area contributed by atoms with E-state index in [1.54, 1.807) is 9.80 Å². The number of piperazine rings is 1. The number of amides is 2. The molecule has 0 unspecified atom stereocenters. The highest BCUT2D eigenvalue weighted by Crippen LogP contribution is 2.22. The van der Waals surface area contributed by atoms with Crippen LogP contribution in [0.2, 0.25) is 0 Å². The Kier molecular flexibility index (Phi) is 5.58. The van der Waals surface area contributed by atoms with E-state index < -0.39 is 17.7 Å². The summed E-state index contributed by atoms with van der Waals surface area (Å²) in [6, 6.07) is 11.4. The van der Waals surface area contributed by atoms with Crippen LogP contribution in [0, 0.1) is 11.6 Å². The van der Waals surface area contributed by atoms with Gasteiger partial charge < -0.3 is 10.2 Å². The summed E-state index contributed by atoms with van der Waals surface area (Å²) in [6.07, 6.45) is 0.807. The zero-order chi connectivity index (χ0) is 20.4. The Bertz CT molecular complexity index is 934. The number of nitrogens with zero attached hydrogens (tertiary/aromatic N) is 2. The van der Waals surface area contributed by atoms with Gasteiger partial charge in [-0.25, -0.2) is 8.78 Å². The Labute approximate surface area is 168 Å². The van der Waals surface area contributed by atoms with Crippen molar-refractivity contribution in [3.8, 4) is 0 Å². The molecule has 1 N–H and O–H groups in total. The lowest BCUT2D eigenvalue weighted by Crippen LogP contribution is -2.56. The third-order valence-corrected chi connectivity index (χ3v) is 5.70. The number of carbonyl (C=O) groups is 2. The van der Waals surface area contributed by atoms with Crippen LogP contribution < -0.4 is 5.32 Å². The average molecular weight is 399 g/mol. The number of benzene rings is 2. The van der Waals surface area contributed by atoms with E-state index in [0.29, 0.717) is 26.2 Å². The molecule has 1 atom stereocenters. The Morgan fingerprint density at radius 3 is 2.69 bits per heavy atom. The maximum Gasteiger partial charge on any atom is 0.237 e. The van der Waals surface area contributed by atoms with Gasteiger partial charge in [0.25, 0.3) is 0 Å². The molecule has 2 aromatic carbocycles. The average Bonchev–Trinajstić information content (AvgIpc) is 2.73. The van der Waals surface area contributed by atoms with E-state index in [1.165, 1.54) is 17.7 Å². The van der Waals surface area contributed by atoms with Crippen LogP contribution in [0.1, 0.15) is 23.1 Å². The Balaban J connectivity index is 1.47. The van der Waals surface area contributed by atoms with E-state index in [9.17, 15) is 18.4 Å². The van der Waals surface area contributed by atoms with Gasteiger partial charge in [-0.15, -0.1) is 0 Å². The SMILES string of the molecule is O=C1NCCN(Cc2cccc(F)c2F)[C@H]1CC(=O)N1CCc2ccccc2C1. The molecule has 2 aliphatic heterocycles. The van der Waals surface area contributed by atoms with Gasteiger partial charge in [0.15, 0.2) is 11.6 Å². The summed E-state index contributed by atoms with van der Waals surface area (Å²) in [4.78, 5) is 28.9. The topological polar surface area (TPSA) is 52.7 Å². The summed E-state index contributed by atoms with van der Waals surface area (Å²) in [6.45, 7) is 2.11. The number of fused-ring (bicyclic) bond motifs is 1. The lowest BCUT2D eigenvalue weighted by Gasteiger charge is -2.36. The van der Waals surface area contributed by atoms with Gasteiger partial charge in [-0.05, 0) is 23.6 Å². The first kappa shape index (κ1) is 19.5. The summed E-state index contributed by atoms with van der Waals surface area (Å²) in [5.74, 6) is -2.18. The minimum atomic E-state index is -0.913. The first-order valence-corrected chi connectivity index (χ1v) is 9.82. The molecule has 0 radical (unpaired) electrons. The van der Waals surface area contributed by atoms with Gasteiger partial charge in [-0.2, -0.15) is 0 Å². The summed E-state index contributed by atoms with van der Waals surface area (Å²) in [5, 5.41) is 2.78. The Morgan fingerprint density at radius 2 is 1.86 bits per heavy atom. The molecule has 7 heteroatoms. The normalized spacial score (nSPS) is 19.6. The summed E-state index contributed by atoms with van der Waals surface area (Å²) in [5.41, 5.74) is 2.55. The minimum Gasteiger partial charge on any atom is -0.353 e. The molecule has 1 fully saturated rings. The van der Waals surface area contributed by atoms with Crippen LogP contribution in [0.15, 0.2) is 42.5 Å². The van der Waals surface area contributed by atoms with Crippen LogP contribution in [0.4, 0.5) is 8.78 Å². The van der Waals surface area contributed by atoms with Gasteiger partial charge in [0.2, 0.25) is 11.8 Å². The summed E-state index contributed by atoms with van der Waals surface area (Å²) in [7, 11) is 0. The van der Waals surface area contributed by atoms with Crippen molar-refractivity contribution in [3.63, 3.8) is 0 Å². The fourth-order valence-corrected chi connectivity index (χ4v) is 4.07. The predicted octanol–water partition coefficient (Wildman–Crippen LogP) is 2.24. The molecule has 0 spiro atoms. The summed E-state index contributed by atoms with van der Waals surface area (Å²) >= 11 is 0. The zero-order valence-electron chi connectivity index (χ0n) is 16.0. The first-order valence-electron chi connectivity index (χ1n) is 9.82.